The maximum absolute atomic E-state index is 12.2. The summed E-state index contributed by atoms with van der Waals surface area (Å²) in [7, 11) is 3.73. The third-order valence-electron chi connectivity index (χ3n) is 6.17. The van der Waals surface area contributed by atoms with E-state index in [0.29, 0.717) is 11.5 Å². The number of benzene rings is 2. The molecule has 32 heavy (non-hydrogen) atoms. The molecule has 4 rings (SSSR count). The zero-order valence-corrected chi connectivity index (χ0v) is 19.3. The highest BCUT2D eigenvalue weighted by Gasteiger charge is 2.19. The Hall–Kier alpha value is -2.99. The topological polar surface area (TPSA) is 55.7 Å². The fourth-order valence-corrected chi connectivity index (χ4v) is 4.37. The molecular formula is C26H33N3O3. The molecule has 0 unspecified atom stereocenters. The molecule has 0 atom stereocenters. The molecule has 6 nitrogen and oxygen atoms in total. The van der Waals surface area contributed by atoms with E-state index < -0.39 is 0 Å². The van der Waals surface area contributed by atoms with E-state index in [0.717, 1.165) is 51.0 Å². The second-order valence-electron chi connectivity index (χ2n) is 8.57. The highest BCUT2D eigenvalue weighted by atomic mass is 16.5. The van der Waals surface area contributed by atoms with Crippen molar-refractivity contribution in [1.82, 2.24) is 14.8 Å². The molecule has 0 bridgehead atoms. The Morgan fingerprint density at radius 2 is 1.91 bits per heavy atom. The second-order valence-corrected chi connectivity index (χ2v) is 8.57. The van der Waals surface area contributed by atoms with Gasteiger partial charge in [-0.15, -0.1) is 0 Å². The molecule has 0 spiro atoms. The molecule has 0 aliphatic carbocycles. The van der Waals surface area contributed by atoms with Crippen molar-refractivity contribution in [2.24, 2.45) is 7.05 Å². The van der Waals surface area contributed by atoms with Crippen LogP contribution in [0, 0.1) is 6.92 Å². The summed E-state index contributed by atoms with van der Waals surface area (Å²) < 4.78 is 13.5. The van der Waals surface area contributed by atoms with Crippen LogP contribution < -0.4 is 14.8 Å². The first kappa shape index (κ1) is 22.2. The van der Waals surface area contributed by atoms with Crippen LogP contribution >= 0.6 is 0 Å². The number of ether oxygens (including phenoxy) is 2. The Labute approximate surface area is 190 Å². The molecule has 1 saturated heterocycles. The van der Waals surface area contributed by atoms with E-state index in [9.17, 15) is 4.79 Å². The Balaban J connectivity index is 1.29. The summed E-state index contributed by atoms with van der Waals surface area (Å²) in [5, 5.41) is 4.85. The lowest BCUT2D eigenvalue weighted by molar-refractivity contribution is -0.132. The predicted molar refractivity (Wildman–Crippen MR) is 127 cm³/mol. The van der Waals surface area contributed by atoms with Crippen molar-refractivity contribution in [3.63, 3.8) is 0 Å². The van der Waals surface area contributed by atoms with Crippen molar-refractivity contribution in [2.45, 2.75) is 32.7 Å². The first-order chi connectivity index (χ1) is 15.5. The summed E-state index contributed by atoms with van der Waals surface area (Å²) in [6, 6.07) is 12.5. The number of amides is 1. The van der Waals surface area contributed by atoms with Crippen LogP contribution in [0.5, 0.6) is 11.5 Å². The maximum atomic E-state index is 12.2. The van der Waals surface area contributed by atoms with E-state index in [2.05, 4.69) is 48.3 Å². The van der Waals surface area contributed by atoms with Crippen molar-refractivity contribution in [1.29, 1.82) is 0 Å². The average Bonchev–Trinajstić information content (AvgIpc) is 3.44. The van der Waals surface area contributed by atoms with Crippen LogP contribution in [0.2, 0.25) is 0 Å². The normalized spacial score (nSPS) is 13.7. The summed E-state index contributed by atoms with van der Waals surface area (Å²) >= 11 is 0. The number of aromatic nitrogens is 1. The van der Waals surface area contributed by atoms with Gasteiger partial charge in [0, 0.05) is 43.8 Å². The fourth-order valence-electron chi connectivity index (χ4n) is 4.37. The first-order valence-electron chi connectivity index (χ1n) is 11.4. The van der Waals surface area contributed by atoms with Crippen LogP contribution in [0.4, 0.5) is 0 Å². The number of rotatable bonds is 9. The summed E-state index contributed by atoms with van der Waals surface area (Å²) in [6.45, 7) is 5.48. The number of carbonyl (C=O) groups is 1. The molecule has 2 heterocycles. The van der Waals surface area contributed by atoms with Crippen LogP contribution in [0.1, 0.15) is 29.5 Å². The number of nitrogens with one attached hydrogen (secondary N) is 1. The Bertz CT molecular complexity index is 1080. The number of likely N-dealkylation sites (tertiary alicyclic amines) is 1. The van der Waals surface area contributed by atoms with Crippen LogP contribution in [-0.4, -0.2) is 48.7 Å². The van der Waals surface area contributed by atoms with E-state index >= 15 is 0 Å². The van der Waals surface area contributed by atoms with E-state index in [1.54, 1.807) is 7.11 Å². The minimum atomic E-state index is 0.0406. The average molecular weight is 436 g/mol. The smallest absolute Gasteiger partial charge is 0.260 e. The van der Waals surface area contributed by atoms with Gasteiger partial charge in [0.2, 0.25) is 0 Å². The number of methoxy groups -OCH3 is 1. The van der Waals surface area contributed by atoms with E-state index in [-0.39, 0.29) is 12.5 Å². The Kier molecular flexibility index (Phi) is 7.00. The van der Waals surface area contributed by atoms with E-state index in [1.165, 1.54) is 22.0 Å². The number of hydrogen-bond acceptors (Lipinski definition) is 4. The molecule has 0 radical (unpaired) electrons. The molecule has 170 valence electrons. The quantitative estimate of drug-likeness (QED) is 0.519. The molecule has 6 heteroatoms. The third-order valence-corrected chi connectivity index (χ3v) is 6.17. The minimum absolute atomic E-state index is 0.0406. The van der Waals surface area contributed by atoms with Gasteiger partial charge < -0.3 is 24.3 Å². The molecule has 1 N–H and O–H groups in total. The molecule has 1 aromatic heterocycles. The Morgan fingerprint density at radius 3 is 2.69 bits per heavy atom. The van der Waals surface area contributed by atoms with Gasteiger partial charge in [-0.2, -0.15) is 0 Å². The molecule has 1 fully saturated rings. The van der Waals surface area contributed by atoms with Gasteiger partial charge in [-0.25, -0.2) is 0 Å². The molecule has 1 amide bonds. The Morgan fingerprint density at radius 1 is 1.09 bits per heavy atom. The minimum Gasteiger partial charge on any atom is -0.493 e. The van der Waals surface area contributed by atoms with Gasteiger partial charge in [0.1, 0.15) is 0 Å². The lowest BCUT2D eigenvalue weighted by atomic mass is 10.1. The number of nitrogens with zero attached hydrogens (tertiary/aromatic N) is 2. The largest absolute Gasteiger partial charge is 0.493 e. The molecular weight excluding hydrogens is 402 g/mol. The summed E-state index contributed by atoms with van der Waals surface area (Å²) in [5.74, 6) is 1.30. The van der Waals surface area contributed by atoms with Crippen molar-refractivity contribution >= 4 is 16.8 Å². The van der Waals surface area contributed by atoms with Gasteiger partial charge >= 0.3 is 0 Å². The number of fused-ring (bicyclic) bond motifs is 1. The molecule has 2 aromatic carbocycles. The van der Waals surface area contributed by atoms with Crippen LogP contribution in [0.3, 0.4) is 0 Å². The standard InChI is InChI=1S/C26H33N3O3/c1-19-6-8-22-21(17-28(2)23(22)14-19)10-11-27-16-20-7-9-24(25(15-20)31-3)32-18-26(30)29-12-4-5-13-29/h6-9,14-15,17,27H,4-5,10-13,16,18H2,1-3H3. The first-order valence-corrected chi connectivity index (χ1v) is 11.4. The van der Waals surface area contributed by atoms with E-state index in [4.69, 9.17) is 9.47 Å². The zero-order valence-electron chi connectivity index (χ0n) is 19.3. The summed E-state index contributed by atoms with van der Waals surface area (Å²) in [4.78, 5) is 14.1. The van der Waals surface area contributed by atoms with Crippen molar-refractivity contribution in [3.8, 4) is 11.5 Å². The highest BCUT2D eigenvalue weighted by Crippen LogP contribution is 2.28. The van der Waals surface area contributed by atoms with Crippen molar-refractivity contribution < 1.29 is 14.3 Å². The van der Waals surface area contributed by atoms with Gasteiger partial charge in [0.25, 0.3) is 5.91 Å². The summed E-state index contributed by atoms with van der Waals surface area (Å²) in [6.07, 6.45) is 5.36. The van der Waals surface area contributed by atoms with Crippen molar-refractivity contribution in [2.75, 3.05) is 33.4 Å². The maximum Gasteiger partial charge on any atom is 0.260 e. The van der Waals surface area contributed by atoms with Crippen LogP contribution in [0.15, 0.2) is 42.6 Å². The van der Waals surface area contributed by atoms with Crippen LogP contribution in [0.25, 0.3) is 10.9 Å². The van der Waals surface area contributed by atoms with Crippen molar-refractivity contribution in [3.05, 3.63) is 59.3 Å². The zero-order chi connectivity index (χ0) is 22.5. The third kappa shape index (κ3) is 5.07. The monoisotopic (exact) mass is 435 g/mol. The molecule has 1 aliphatic heterocycles. The number of aryl methyl sites for hydroxylation is 2. The lowest BCUT2D eigenvalue weighted by Gasteiger charge is -2.17. The second kappa shape index (κ2) is 10.1. The predicted octanol–water partition coefficient (Wildman–Crippen LogP) is 3.83. The fraction of sp³-hybridized carbons (Fsp3) is 0.423. The van der Waals surface area contributed by atoms with Gasteiger partial charge in [-0.3, -0.25) is 4.79 Å². The highest BCUT2D eigenvalue weighted by molar-refractivity contribution is 5.84. The van der Waals surface area contributed by atoms with Gasteiger partial charge in [-0.05, 0) is 67.6 Å². The molecule has 3 aromatic rings. The SMILES string of the molecule is COc1cc(CNCCc2cn(C)c3cc(C)ccc23)ccc1OCC(=O)N1CCCC1. The van der Waals surface area contributed by atoms with E-state index in [1.807, 2.05) is 23.1 Å². The van der Waals surface area contributed by atoms with Gasteiger partial charge in [0.05, 0.1) is 7.11 Å². The molecule has 0 saturated carbocycles. The summed E-state index contributed by atoms with van der Waals surface area (Å²) in [5.41, 5.74) is 5.04. The lowest BCUT2D eigenvalue weighted by Crippen LogP contribution is -2.32. The number of carbonyl (C=O) groups excluding carboxylic acids is 1. The van der Waals surface area contributed by atoms with Gasteiger partial charge in [-0.1, -0.05) is 18.2 Å². The van der Waals surface area contributed by atoms with Crippen LogP contribution in [-0.2, 0) is 24.8 Å². The van der Waals surface area contributed by atoms with Gasteiger partial charge in [0.15, 0.2) is 18.1 Å². The molecule has 1 aliphatic rings. The number of hydrogen-bond donors (Lipinski definition) is 1.